The predicted octanol–water partition coefficient (Wildman–Crippen LogP) is 0.579. The quantitative estimate of drug-likeness (QED) is 0.700. The number of nitrogens with two attached hydrogens (primary N) is 1. The topological polar surface area (TPSA) is 73.6 Å². The van der Waals surface area contributed by atoms with Crippen molar-refractivity contribution in [3.63, 3.8) is 0 Å². The summed E-state index contributed by atoms with van der Waals surface area (Å²) in [7, 11) is 0. The summed E-state index contributed by atoms with van der Waals surface area (Å²) in [6.45, 7) is -0.283. The third-order valence-corrected chi connectivity index (χ3v) is 2.98. The fraction of sp³-hybridized carbons (Fsp3) is 0.909. The van der Waals surface area contributed by atoms with Gasteiger partial charge >= 0.3 is 6.18 Å². The SMILES string of the molecule is NCC1(NC(=O)CCOCC(F)(F)F)CCOCC1. The number of alkyl halides is 3. The standard InChI is InChI=1S/C11H19F3N2O3/c12-11(13,14)8-19-4-1-9(17)16-10(7-15)2-5-18-6-3-10/h1-8,15H2,(H,16,17). The zero-order valence-corrected chi connectivity index (χ0v) is 10.6. The molecular formula is C11H19F3N2O3. The van der Waals surface area contributed by atoms with Crippen molar-refractivity contribution in [3.8, 4) is 0 Å². The minimum atomic E-state index is -4.37. The van der Waals surface area contributed by atoms with E-state index in [1.165, 1.54) is 0 Å². The lowest BCUT2D eigenvalue weighted by atomic mass is 9.90. The van der Waals surface area contributed by atoms with Crippen molar-refractivity contribution < 1.29 is 27.4 Å². The minimum absolute atomic E-state index is 0.112. The van der Waals surface area contributed by atoms with E-state index in [2.05, 4.69) is 10.1 Å². The van der Waals surface area contributed by atoms with Crippen LogP contribution in [0.25, 0.3) is 0 Å². The van der Waals surface area contributed by atoms with Gasteiger partial charge in [0.2, 0.25) is 5.91 Å². The average Bonchev–Trinajstić information content (AvgIpc) is 2.35. The van der Waals surface area contributed by atoms with Crippen LogP contribution in [0, 0.1) is 0 Å². The number of nitrogens with one attached hydrogen (secondary N) is 1. The van der Waals surface area contributed by atoms with Gasteiger partial charge in [0.1, 0.15) is 6.61 Å². The molecule has 0 unspecified atom stereocenters. The van der Waals surface area contributed by atoms with E-state index in [9.17, 15) is 18.0 Å². The van der Waals surface area contributed by atoms with Crippen molar-refractivity contribution in [3.05, 3.63) is 0 Å². The van der Waals surface area contributed by atoms with Gasteiger partial charge in [-0.3, -0.25) is 4.79 Å². The maximum absolute atomic E-state index is 11.8. The molecule has 5 nitrogen and oxygen atoms in total. The number of hydrogen-bond donors (Lipinski definition) is 2. The van der Waals surface area contributed by atoms with Gasteiger partial charge in [0.25, 0.3) is 0 Å². The highest BCUT2D eigenvalue weighted by Crippen LogP contribution is 2.19. The molecule has 0 atom stereocenters. The molecule has 1 saturated heterocycles. The third-order valence-electron chi connectivity index (χ3n) is 2.98. The molecule has 19 heavy (non-hydrogen) atoms. The summed E-state index contributed by atoms with van der Waals surface area (Å²) in [6, 6.07) is 0. The molecule has 0 spiro atoms. The van der Waals surface area contributed by atoms with Gasteiger partial charge < -0.3 is 20.5 Å². The highest BCUT2D eigenvalue weighted by atomic mass is 19.4. The van der Waals surface area contributed by atoms with Gasteiger partial charge in [0, 0.05) is 26.2 Å². The predicted molar refractivity (Wildman–Crippen MR) is 61.5 cm³/mol. The van der Waals surface area contributed by atoms with Gasteiger partial charge in [-0.1, -0.05) is 0 Å². The van der Waals surface area contributed by atoms with Crippen molar-refractivity contribution >= 4 is 5.91 Å². The molecule has 0 radical (unpaired) electrons. The Morgan fingerprint density at radius 1 is 1.37 bits per heavy atom. The van der Waals surface area contributed by atoms with E-state index in [1.807, 2.05) is 0 Å². The number of halogens is 3. The largest absolute Gasteiger partial charge is 0.411 e. The maximum Gasteiger partial charge on any atom is 0.411 e. The molecule has 0 aromatic rings. The number of ether oxygens (including phenoxy) is 2. The van der Waals surface area contributed by atoms with Crippen molar-refractivity contribution in [1.82, 2.24) is 5.32 Å². The normalized spacial score (nSPS) is 19.2. The second-order valence-electron chi connectivity index (χ2n) is 4.56. The highest BCUT2D eigenvalue weighted by molar-refractivity contribution is 5.77. The fourth-order valence-corrected chi connectivity index (χ4v) is 1.85. The zero-order valence-electron chi connectivity index (χ0n) is 10.6. The summed E-state index contributed by atoms with van der Waals surface area (Å²) in [5, 5.41) is 2.77. The third kappa shape index (κ3) is 6.22. The number of amides is 1. The van der Waals surface area contributed by atoms with Crippen LogP contribution in [0.1, 0.15) is 19.3 Å². The Morgan fingerprint density at radius 3 is 2.53 bits per heavy atom. The van der Waals surface area contributed by atoms with Crippen molar-refractivity contribution in [2.75, 3.05) is 33.0 Å². The van der Waals surface area contributed by atoms with Crippen LogP contribution in [-0.4, -0.2) is 50.6 Å². The molecule has 8 heteroatoms. The minimum Gasteiger partial charge on any atom is -0.381 e. The molecule has 1 fully saturated rings. The zero-order chi connectivity index (χ0) is 14.4. The van der Waals surface area contributed by atoms with Crippen LogP contribution in [0.15, 0.2) is 0 Å². The molecule has 1 rings (SSSR count). The summed E-state index contributed by atoms with van der Waals surface area (Å²) in [4.78, 5) is 11.6. The Labute approximate surface area is 109 Å². The van der Waals surface area contributed by atoms with Gasteiger partial charge in [0.15, 0.2) is 0 Å². The number of carbonyl (C=O) groups is 1. The van der Waals surface area contributed by atoms with Gasteiger partial charge in [0.05, 0.1) is 12.1 Å². The number of rotatable bonds is 6. The summed E-state index contributed by atoms with van der Waals surface area (Å²) in [5.74, 6) is -0.352. The van der Waals surface area contributed by atoms with E-state index in [1.54, 1.807) is 0 Å². The average molecular weight is 284 g/mol. The van der Waals surface area contributed by atoms with Crippen molar-refractivity contribution in [2.45, 2.75) is 31.0 Å². The summed E-state index contributed by atoms with van der Waals surface area (Å²) in [6.07, 6.45) is -3.26. The lowest BCUT2D eigenvalue weighted by Crippen LogP contribution is -2.56. The molecule has 1 amide bonds. The van der Waals surface area contributed by atoms with E-state index in [0.717, 1.165) is 0 Å². The summed E-state index contributed by atoms with van der Waals surface area (Å²) < 4.78 is 45.0. The Hall–Kier alpha value is -0.860. The monoisotopic (exact) mass is 284 g/mol. The van der Waals surface area contributed by atoms with E-state index in [0.29, 0.717) is 26.1 Å². The Morgan fingerprint density at radius 2 is 2.00 bits per heavy atom. The molecule has 0 bridgehead atoms. The first-order chi connectivity index (χ1) is 8.87. The lowest BCUT2D eigenvalue weighted by molar-refractivity contribution is -0.174. The van der Waals surface area contributed by atoms with E-state index >= 15 is 0 Å². The van der Waals surface area contributed by atoms with Crippen molar-refractivity contribution in [1.29, 1.82) is 0 Å². The molecular weight excluding hydrogens is 265 g/mol. The molecule has 1 aliphatic heterocycles. The second kappa shape index (κ2) is 7.06. The Kier molecular flexibility index (Phi) is 6.02. The van der Waals surface area contributed by atoms with Crippen LogP contribution in [0.2, 0.25) is 0 Å². The van der Waals surface area contributed by atoms with Crippen LogP contribution in [-0.2, 0) is 14.3 Å². The lowest BCUT2D eigenvalue weighted by Gasteiger charge is -2.37. The first-order valence-corrected chi connectivity index (χ1v) is 6.10. The van der Waals surface area contributed by atoms with Crippen LogP contribution in [0.3, 0.4) is 0 Å². The highest BCUT2D eigenvalue weighted by Gasteiger charge is 2.32. The van der Waals surface area contributed by atoms with Crippen LogP contribution in [0.4, 0.5) is 13.2 Å². The van der Waals surface area contributed by atoms with Crippen LogP contribution < -0.4 is 11.1 Å². The van der Waals surface area contributed by atoms with Gasteiger partial charge in [-0.25, -0.2) is 0 Å². The Balaban J connectivity index is 2.26. The first-order valence-electron chi connectivity index (χ1n) is 6.10. The molecule has 0 aliphatic carbocycles. The molecule has 0 saturated carbocycles. The number of carbonyl (C=O) groups excluding carboxylic acids is 1. The number of hydrogen-bond acceptors (Lipinski definition) is 4. The second-order valence-corrected chi connectivity index (χ2v) is 4.56. The molecule has 1 aliphatic rings. The van der Waals surface area contributed by atoms with Crippen LogP contribution >= 0.6 is 0 Å². The van der Waals surface area contributed by atoms with Crippen molar-refractivity contribution in [2.24, 2.45) is 5.73 Å². The molecule has 3 N–H and O–H groups in total. The van der Waals surface area contributed by atoms with E-state index in [-0.39, 0.29) is 25.5 Å². The Bertz CT molecular complexity index is 291. The molecule has 1 heterocycles. The van der Waals surface area contributed by atoms with Gasteiger partial charge in [-0.2, -0.15) is 13.2 Å². The maximum atomic E-state index is 11.8. The summed E-state index contributed by atoms with van der Waals surface area (Å²) in [5.41, 5.74) is 5.15. The first kappa shape index (κ1) is 16.2. The van der Waals surface area contributed by atoms with E-state index in [4.69, 9.17) is 10.5 Å². The smallest absolute Gasteiger partial charge is 0.381 e. The van der Waals surface area contributed by atoms with Crippen LogP contribution in [0.5, 0.6) is 0 Å². The van der Waals surface area contributed by atoms with Gasteiger partial charge in [-0.05, 0) is 12.8 Å². The molecule has 0 aromatic carbocycles. The summed E-state index contributed by atoms with van der Waals surface area (Å²) >= 11 is 0. The van der Waals surface area contributed by atoms with Gasteiger partial charge in [-0.15, -0.1) is 0 Å². The molecule has 112 valence electrons. The molecule has 0 aromatic heterocycles. The van der Waals surface area contributed by atoms with E-state index < -0.39 is 18.3 Å². The fourth-order valence-electron chi connectivity index (χ4n) is 1.85.